The molecule has 6 rings (SSSR count). The van der Waals surface area contributed by atoms with Gasteiger partial charge in [-0.25, -0.2) is 15.0 Å². The van der Waals surface area contributed by atoms with Crippen molar-refractivity contribution in [2.24, 2.45) is 13.0 Å². The highest BCUT2D eigenvalue weighted by Crippen LogP contribution is 2.24. The zero-order valence-electron chi connectivity index (χ0n) is 22.4. The molecule has 0 amide bonds. The molecule has 10 nitrogen and oxygen atoms in total. The second kappa shape index (κ2) is 11.2. The molecule has 1 fully saturated rings. The van der Waals surface area contributed by atoms with Crippen molar-refractivity contribution in [2.45, 2.75) is 26.3 Å². The van der Waals surface area contributed by atoms with Crippen molar-refractivity contribution >= 4 is 11.5 Å². The third kappa shape index (κ3) is 5.91. The summed E-state index contributed by atoms with van der Waals surface area (Å²) in [5.74, 6) is 2.07. The van der Waals surface area contributed by atoms with Gasteiger partial charge >= 0.3 is 0 Å². The Hall–Kier alpha value is -4.31. The van der Waals surface area contributed by atoms with Crippen molar-refractivity contribution in [3.05, 3.63) is 72.9 Å². The molecule has 4 aromatic heterocycles. The Balaban J connectivity index is 1.09. The van der Waals surface area contributed by atoms with Crippen molar-refractivity contribution < 1.29 is 4.74 Å². The Morgan fingerprint density at radius 1 is 0.974 bits per heavy atom. The number of imidazole rings is 1. The van der Waals surface area contributed by atoms with Crippen LogP contribution in [-0.2, 0) is 13.6 Å². The molecule has 1 N–H and O–H groups in total. The predicted octanol–water partition coefficient (Wildman–Crippen LogP) is 4.31. The average molecular weight is 524 g/mol. The fraction of sp³-hybridized carbons (Fsp3) is 0.345. The van der Waals surface area contributed by atoms with Crippen LogP contribution in [-0.4, -0.2) is 65.5 Å². The van der Waals surface area contributed by atoms with Gasteiger partial charge in [-0.05, 0) is 37.6 Å². The monoisotopic (exact) mass is 523 g/mol. The van der Waals surface area contributed by atoms with Crippen LogP contribution in [0.25, 0.3) is 28.3 Å². The number of ether oxygens (including phenoxy) is 1. The number of hydrogen-bond acceptors (Lipinski definition) is 8. The summed E-state index contributed by atoms with van der Waals surface area (Å²) in [6.07, 6.45) is 9.80. The van der Waals surface area contributed by atoms with Crippen molar-refractivity contribution in [2.75, 3.05) is 31.6 Å². The van der Waals surface area contributed by atoms with E-state index in [0.29, 0.717) is 19.1 Å². The smallest absolute Gasteiger partial charge is 0.140 e. The Morgan fingerprint density at radius 3 is 2.62 bits per heavy atom. The van der Waals surface area contributed by atoms with Gasteiger partial charge in [-0.15, -0.1) is 0 Å². The predicted molar refractivity (Wildman–Crippen MR) is 150 cm³/mol. The van der Waals surface area contributed by atoms with Gasteiger partial charge in [-0.1, -0.05) is 31.2 Å². The molecule has 200 valence electrons. The number of aryl methyl sites for hydroxylation is 1. The summed E-state index contributed by atoms with van der Waals surface area (Å²) < 4.78 is 8.13. The fourth-order valence-electron chi connectivity index (χ4n) is 5.00. The van der Waals surface area contributed by atoms with Gasteiger partial charge in [0.2, 0.25) is 0 Å². The maximum absolute atomic E-state index is 6.10. The normalized spacial score (nSPS) is 14.6. The van der Waals surface area contributed by atoms with E-state index >= 15 is 0 Å². The maximum atomic E-state index is 6.10. The van der Waals surface area contributed by atoms with Gasteiger partial charge in [-0.2, -0.15) is 15.0 Å². The number of fused-ring (bicyclic) bond motifs is 1. The molecular formula is C29H33N9O. The number of benzene rings is 1. The Morgan fingerprint density at radius 2 is 1.82 bits per heavy atom. The molecule has 5 heterocycles. The van der Waals surface area contributed by atoms with Gasteiger partial charge in [-0.3, -0.25) is 4.40 Å². The van der Waals surface area contributed by atoms with E-state index in [1.807, 2.05) is 42.0 Å². The Labute approximate surface area is 227 Å². The molecule has 0 bridgehead atoms. The summed E-state index contributed by atoms with van der Waals surface area (Å²) in [6, 6.07) is 14.2. The first kappa shape index (κ1) is 25.0. The Kier molecular flexibility index (Phi) is 7.18. The lowest BCUT2D eigenvalue weighted by Gasteiger charge is -2.20. The average Bonchev–Trinajstić information content (AvgIpc) is 3.72. The van der Waals surface area contributed by atoms with Crippen LogP contribution >= 0.6 is 0 Å². The quantitative estimate of drug-likeness (QED) is 0.289. The zero-order chi connectivity index (χ0) is 26.6. The van der Waals surface area contributed by atoms with Gasteiger partial charge in [0.25, 0.3) is 0 Å². The Bertz CT molecular complexity index is 1540. The minimum absolute atomic E-state index is 0.484. The van der Waals surface area contributed by atoms with E-state index in [0.717, 1.165) is 52.0 Å². The summed E-state index contributed by atoms with van der Waals surface area (Å²) in [5.41, 5.74) is 5.56. The molecular weight excluding hydrogens is 490 g/mol. The largest absolute Gasteiger partial charge is 0.493 e. The van der Waals surface area contributed by atoms with Crippen molar-refractivity contribution in [3.63, 3.8) is 0 Å². The molecule has 0 radical (unpaired) electrons. The lowest BCUT2D eigenvalue weighted by Crippen LogP contribution is -2.28. The third-order valence-electron chi connectivity index (χ3n) is 7.04. The first-order valence-corrected chi connectivity index (χ1v) is 13.4. The van der Waals surface area contributed by atoms with Crippen LogP contribution in [0.15, 0.2) is 67.4 Å². The molecule has 0 aliphatic carbocycles. The first-order chi connectivity index (χ1) is 19.1. The van der Waals surface area contributed by atoms with E-state index in [2.05, 4.69) is 66.6 Å². The van der Waals surface area contributed by atoms with Crippen LogP contribution in [0.4, 0.5) is 5.82 Å². The summed E-state index contributed by atoms with van der Waals surface area (Å²) in [6.45, 7) is 7.11. The van der Waals surface area contributed by atoms with E-state index < -0.39 is 0 Å². The standard InChI is InChI=1S/C29H33N9O/c1-21(18-37-10-3-4-11-37)19-39-24-9-12-38-27(17-31-29(38)13-24)25-14-28(33-20-32-25)30-15-22-5-7-23(8-6-22)26-16-34-36(2)35-26/h5-9,12-14,16-17,20-21H,3-4,10-11,15,18-19H2,1-2H3,(H,30,32,33). The van der Waals surface area contributed by atoms with Crippen LogP contribution in [0.5, 0.6) is 5.75 Å². The summed E-state index contributed by atoms with van der Waals surface area (Å²) >= 11 is 0. The number of anilines is 1. The minimum atomic E-state index is 0.484. The first-order valence-electron chi connectivity index (χ1n) is 13.4. The second-order valence-corrected chi connectivity index (χ2v) is 10.2. The summed E-state index contributed by atoms with van der Waals surface area (Å²) in [7, 11) is 1.81. The van der Waals surface area contributed by atoms with Crippen molar-refractivity contribution in [1.29, 1.82) is 0 Å². The number of likely N-dealkylation sites (tertiary alicyclic amines) is 1. The number of nitrogens with one attached hydrogen (secondary N) is 1. The van der Waals surface area contributed by atoms with Crippen LogP contribution in [0.1, 0.15) is 25.3 Å². The van der Waals surface area contributed by atoms with E-state index in [1.165, 1.54) is 25.9 Å². The molecule has 0 spiro atoms. The molecule has 1 unspecified atom stereocenters. The van der Waals surface area contributed by atoms with Crippen LogP contribution in [0, 0.1) is 5.92 Å². The minimum Gasteiger partial charge on any atom is -0.493 e. The topological polar surface area (TPSA) is 98.3 Å². The summed E-state index contributed by atoms with van der Waals surface area (Å²) in [5, 5.41) is 11.9. The van der Waals surface area contributed by atoms with Crippen LogP contribution in [0.2, 0.25) is 0 Å². The molecule has 10 heteroatoms. The number of hydrogen-bond donors (Lipinski definition) is 1. The van der Waals surface area contributed by atoms with Gasteiger partial charge in [0.15, 0.2) is 0 Å². The van der Waals surface area contributed by atoms with Gasteiger partial charge < -0.3 is 15.0 Å². The van der Waals surface area contributed by atoms with Crippen molar-refractivity contribution in [1.82, 2.24) is 39.2 Å². The third-order valence-corrected chi connectivity index (χ3v) is 7.04. The molecule has 5 aromatic rings. The highest BCUT2D eigenvalue weighted by molar-refractivity contribution is 5.63. The van der Waals surface area contributed by atoms with Gasteiger partial charge in [0.05, 0.1) is 30.4 Å². The maximum Gasteiger partial charge on any atom is 0.140 e. The van der Waals surface area contributed by atoms with E-state index in [1.54, 1.807) is 17.3 Å². The molecule has 1 aromatic carbocycles. The second-order valence-electron chi connectivity index (χ2n) is 10.2. The van der Waals surface area contributed by atoms with Crippen LogP contribution < -0.4 is 10.1 Å². The molecule has 39 heavy (non-hydrogen) atoms. The fourth-order valence-corrected chi connectivity index (χ4v) is 5.00. The van der Waals surface area contributed by atoms with E-state index in [9.17, 15) is 0 Å². The molecule has 1 saturated heterocycles. The van der Waals surface area contributed by atoms with E-state index in [4.69, 9.17) is 4.74 Å². The SMILES string of the molecule is CC(COc1ccn2c(-c3cc(NCc4ccc(-c5cnn(C)n5)cc4)ncn3)cnc2c1)CN1CCCC1. The van der Waals surface area contributed by atoms with Crippen molar-refractivity contribution in [3.8, 4) is 28.4 Å². The lowest BCUT2D eigenvalue weighted by atomic mass is 10.1. The highest BCUT2D eigenvalue weighted by atomic mass is 16.5. The summed E-state index contributed by atoms with van der Waals surface area (Å²) in [4.78, 5) is 17.6. The van der Waals surface area contributed by atoms with Gasteiger partial charge in [0, 0.05) is 49.9 Å². The van der Waals surface area contributed by atoms with Gasteiger partial charge in [0.1, 0.15) is 29.2 Å². The number of rotatable bonds is 10. The molecule has 1 aliphatic rings. The number of pyridine rings is 1. The molecule has 0 saturated carbocycles. The lowest BCUT2D eigenvalue weighted by molar-refractivity contribution is 0.206. The van der Waals surface area contributed by atoms with E-state index in [-0.39, 0.29) is 0 Å². The highest BCUT2D eigenvalue weighted by Gasteiger charge is 2.15. The van der Waals surface area contributed by atoms with Crippen LogP contribution in [0.3, 0.4) is 0 Å². The molecule has 1 atom stereocenters. The zero-order valence-corrected chi connectivity index (χ0v) is 22.4. The number of aromatic nitrogens is 7. The number of nitrogens with zero attached hydrogens (tertiary/aromatic N) is 8. The molecule has 1 aliphatic heterocycles.